The molecular formula is C39H46N6O2. The van der Waals surface area contributed by atoms with E-state index in [4.69, 9.17) is 11.5 Å². The second-order valence-corrected chi connectivity index (χ2v) is 13.5. The highest BCUT2D eigenvalue weighted by Crippen LogP contribution is 2.26. The fourth-order valence-corrected chi connectivity index (χ4v) is 7.06. The van der Waals surface area contributed by atoms with Gasteiger partial charge in [-0.15, -0.1) is 0 Å². The molecule has 2 heterocycles. The number of hydrogen-bond donors (Lipinski definition) is 3. The van der Waals surface area contributed by atoms with Gasteiger partial charge in [-0.25, -0.2) is 4.98 Å². The van der Waals surface area contributed by atoms with Crippen LogP contribution in [0.15, 0.2) is 97.3 Å². The second-order valence-electron chi connectivity index (χ2n) is 13.5. The predicted molar refractivity (Wildman–Crippen MR) is 189 cm³/mol. The van der Waals surface area contributed by atoms with Crippen molar-refractivity contribution in [1.82, 2.24) is 19.8 Å². The van der Waals surface area contributed by atoms with Crippen molar-refractivity contribution in [2.45, 2.75) is 70.1 Å². The van der Waals surface area contributed by atoms with Gasteiger partial charge in [-0.05, 0) is 64.3 Å². The van der Waals surface area contributed by atoms with E-state index < -0.39 is 12.1 Å². The third-order valence-electron chi connectivity index (χ3n) is 9.45. The molecule has 5 N–H and O–H groups in total. The maximum atomic E-state index is 14.2. The lowest BCUT2D eigenvalue weighted by atomic mass is 9.93. The molecule has 1 aromatic heterocycles. The van der Waals surface area contributed by atoms with E-state index in [-0.39, 0.29) is 23.9 Å². The number of amides is 2. The number of carbonyl (C=O) groups excluding carboxylic acids is 2. The molecule has 0 radical (unpaired) electrons. The molecule has 5 aromatic rings. The Hall–Kier alpha value is -4.53. The number of imidazole rings is 1. The van der Waals surface area contributed by atoms with Gasteiger partial charge in [-0.1, -0.05) is 98.8 Å². The predicted octanol–water partition coefficient (Wildman–Crippen LogP) is 5.24. The standard InChI is InChI=1S/C39H46N6O2/c1-26(2)19-34-25-44(38(46)35(40)22-27-11-13-29-7-3-5-9-31(29)20-27)33(15-16-37-42-17-18-43-37)24-45(34)39(47)36(41)23-28-12-14-30-8-4-6-10-32(30)21-28/h3-14,17-18,20-21,26,33-36H,15-16,19,22-25,40-41H2,1-2H3,(H,42,43)/t33-,34+,35?,36?/m0/s1. The lowest BCUT2D eigenvalue weighted by Gasteiger charge is -2.48. The van der Waals surface area contributed by atoms with Crippen molar-refractivity contribution in [3.05, 3.63) is 114 Å². The first kappa shape index (κ1) is 32.4. The number of hydrogen-bond acceptors (Lipinski definition) is 5. The summed E-state index contributed by atoms with van der Waals surface area (Å²) in [5.74, 6) is 1.03. The van der Waals surface area contributed by atoms with Crippen LogP contribution in [0.4, 0.5) is 0 Å². The van der Waals surface area contributed by atoms with E-state index in [1.54, 1.807) is 12.4 Å². The van der Waals surface area contributed by atoms with E-state index in [2.05, 4.69) is 84.5 Å². The Bertz CT molecular complexity index is 1820. The van der Waals surface area contributed by atoms with Crippen LogP contribution in [-0.2, 0) is 28.9 Å². The number of fused-ring (bicyclic) bond motifs is 2. The van der Waals surface area contributed by atoms with E-state index in [0.717, 1.165) is 44.9 Å². The molecule has 1 aliphatic heterocycles. The minimum atomic E-state index is -0.695. The molecule has 2 amide bonds. The molecule has 0 saturated carbocycles. The van der Waals surface area contributed by atoms with E-state index in [1.165, 1.54) is 0 Å². The number of benzene rings is 4. The van der Waals surface area contributed by atoms with Crippen LogP contribution in [0.25, 0.3) is 21.5 Å². The minimum Gasteiger partial charge on any atom is -0.349 e. The number of carbonyl (C=O) groups is 2. The summed E-state index contributed by atoms with van der Waals surface area (Å²) in [7, 11) is 0. The van der Waals surface area contributed by atoms with E-state index in [0.29, 0.717) is 44.7 Å². The van der Waals surface area contributed by atoms with E-state index >= 15 is 0 Å². The van der Waals surface area contributed by atoms with Gasteiger partial charge < -0.3 is 26.3 Å². The van der Waals surface area contributed by atoms with E-state index in [1.807, 2.05) is 34.1 Å². The summed E-state index contributed by atoms with van der Waals surface area (Å²) in [6, 6.07) is 27.2. The molecule has 0 aliphatic carbocycles. The van der Waals surface area contributed by atoms with Gasteiger partial charge in [0.05, 0.1) is 12.1 Å². The maximum Gasteiger partial charge on any atom is 0.240 e. The third kappa shape index (κ3) is 7.72. The summed E-state index contributed by atoms with van der Waals surface area (Å²) in [6.07, 6.45) is 6.51. The fraction of sp³-hybridized carbons (Fsp3) is 0.359. The fourth-order valence-electron chi connectivity index (χ4n) is 7.06. The first-order chi connectivity index (χ1) is 22.7. The van der Waals surface area contributed by atoms with Crippen LogP contribution in [0.2, 0.25) is 0 Å². The maximum absolute atomic E-state index is 14.2. The number of aromatic nitrogens is 2. The number of H-pyrrole nitrogens is 1. The Labute approximate surface area is 277 Å². The van der Waals surface area contributed by atoms with Crippen LogP contribution in [-0.4, -0.2) is 68.8 Å². The van der Waals surface area contributed by atoms with Crippen molar-refractivity contribution in [3.8, 4) is 0 Å². The number of nitrogens with zero attached hydrogens (tertiary/aromatic N) is 3. The monoisotopic (exact) mass is 630 g/mol. The van der Waals surface area contributed by atoms with Crippen LogP contribution in [0.1, 0.15) is 43.6 Å². The zero-order valence-electron chi connectivity index (χ0n) is 27.4. The number of rotatable bonds is 11. The summed E-state index contributed by atoms with van der Waals surface area (Å²) in [5.41, 5.74) is 15.4. The number of piperazine rings is 1. The van der Waals surface area contributed by atoms with Gasteiger partial charge >= 0.3 is 0 Å². The quantitative estimate of drug-likeness (QED) is 0.184. The molecule has 1 fully saturated rings. The number of nitrogens with two attached hydrogens (primary N) is 2. The topological polar surface area (TPSA) is 121 Å². The van der Waals surface area contributed by atoms with Gasteiger partial charge in [0.25, 0.3) is 0 Å². The first-order valence-corrected chi connectivity index (χ1v) is 16.8. The smallest absolute Gasteiger partial charge is 0.240 e. The van der Waals surface area contributed by atoms with Crippen LogP contribution < -0.4 is 11.5 Å². The second kappa shape index (κ2) is 14.5. The summed E-state index contributed by atoms with van der Waals surface area (Å²) in [4.78, 5) is 39.8. The normalized spacial score (nSPS) is 18.1. The molecule has 47 heavy (non-hydrogen) atoms. The van der Waals surface area contributed by atoms with Crippen molar-refractivity contribution in [1.29, 1.82) is 0 Å². The Morgan fingerprint density at radius 1 is 0.766 bits per heavy atom. The summed E-state index contributed by atoms with van der Waals surface area (Å²) in [6.45, 7) is 5.15. The van der Waals surface area contributed by atoms with Crippen molar-refractivity contribution in [2.75, 3.05) is 13.1 Å². The molecule has 4 atom stereocenters. The Morgan fingerprint density at radius 2 is 1.28 bits per heavy atom. The van der Waals surface area contributed by atoms with Crippen LogP contribution >= 0.6 is 0 Å². The molecule has 8 nitrogen and oxygen atoms in total. The highest BCUT2D eigenvalue weighted by molar-refractivity contribution is 5.87. The van der Waals surface area contributed by atoms with Gasteiger partial charge in [0, 0.05) is 44.0 Å². The molecule has 6 rings (SSSR count). The molecule has 8 heteroatoms. The Balaban J connectivity index is 1.22. The highest BCUT2D eigenvalue weighted by atomic mass is 16.2. The van der Waals surface area contributed by atoms with Gasteiger partial charge in [0.1, 0.15) is 5.82 Å². The zero-order valence-corrected chi connectivity index (χ0v) is 27.4. The molecule has 244 valence electrons. The molecule has 0 bridgehead atoms. The van der Waals surface area contributed by atoms with Gasteiger partial charge in [-0.2, -0.15) is 0 Å². The first-order valence-electron chi connectivity index (χ1n) is 16.8. The van der Waals surface area contributed by atoms with Crippen molar-refractivity contribution < 1.29 is 9.59 Å². The molecular weight excluding hydrogens is 584 g/mol. The molecule has 4 aromatic carbocycles. The summed E-state index contributed by atoms with van der Waals surface area (Å²) >= 11 is 0. The van der Waals surface area contributed by atoms with Crippen LogP contribution in [0.5, 0.6) is 0 Å². The van der Waals surface area contributed by atoms with Gasteiger partial charge in [-0.3, -0.25) is 9.59 Å². The van der Waals surface area contributed by atoms with Crippen molar-refractivity contribution >= 4 is 33.4 Å². The minimum absolute atomic E-state index is 0.0700. The zero-order chi connectivity index (χ0) is 32.9. The lowest BCUT2D eigenvalue weighted by molar-refractivity contribution is -0.149. The van der Waals surface area contributed by atoms with Crippen molar-refractivity contribution in [3.63, 3.8) is 0 Å². The molecule has 1 saturated heterocycles. The van der Waals surface area contributed by atoms with E-state index in [9.17, 15) is 9.59 Å². The average molecular weight is 631 g/mol. The van der Waals surface area contributed by atoms with Crippen LogP contribution in [0.3, 0.4) is 0 Å². The number of nitrogens with one attached hydrogen (secondary N) is 1. The molecule has 2 unspecified atom stereocenters. The third-order valence-corrected chi connectivity index (χ3v) is 9.45. The lowest BCUT2D eigenvalue weighted by Crippen LogP contribution is -2.65. The van der Waals surface area contributed by atoms with Crippen LogP contribution in [0, 0.1) is 5.92 Å². The summed E-state index contributed by atoms with van der Waals surface area (Å²) in [5, 5.41) is 4.58. The highest BCUT2D eigenvalue weighted by Gasteiger charge is 2.41. The Kier molecular flexibility index (Phi) is 9.99. The van der Waals surface area contributed by atoms with Gasteiger partial charge in [0.2, 0.25) is 11.8 Å². The molecule has 0 spiro atoms. The number of aryl methyl sites for hydroxylation is 1. The SMILES string of the molecule is CC(C)C[C@@H]1CN(C(=O)C(N)Cc2ccc3ccccc3c2)[C@@H](CCc2ncc[nH]2)CN1C(=O)C(N)Cc1ccc2ccccc2c1. The molecule has 1 aliphatic rings. The van der Waals surface area contributed by atoms with Gasteiger partial charge in [0.15, 0.2) is 0 Å². The van der Waals surface area contributed by atoms with Crippen molar-refractivity contribution in [2.24, 2.45) is 17.4 Å². The number of aromatic amines is 1. The largest absolute Gasteiger partial charge is 0.349 e. The Morgan fingerprint density at radius 3 is 1.79 bits per heavy atom. The summed E-state index contributed by atoms with van der Waals surface area (Å²) < 4.78 is 0. The average Bonchev–Trinajstić information content (AvgIpc) is 3.60.